The molecule has 1 aromatic heterocycles. The predicted octanol–water partition coefficient (Wildman–Crippen LogP) is 1.60. The topological polar surface area (TPSA) is 36.4 Å². The van der Waals surface area contributed by atoms with E-state index >= 15 is 0 Å². The monoisotopic (exact) mass is 192 g/mol. The van der Waals surface area contributed by atoms with Crippen LogP contribution in [0.5, 0.6) is 5.75 Å². The van der Waals surface area contributed by atoms with Crippen LogP contribution in [0, 0.1) is 0 Å². The van der Waals surface area contributed by atoms with Gasteiger partial charge in [-0.15, -0.1) is 0 Å². The molecule has 3 nitrogen and oxygen atoms in total. The maximum atomic E-state index is 9.65. The normalized spacial score (nSPS) is 22.8. The summed E-state index contributed by atoms with van der Waals surface area (Å²) in [5, 5.41) is 9.65. The Balaban J connectivity index is 2.13. The molecular weight excluding hydrogens is 176 g/mol. The highest BCUT2D eigenvalue weighted by Crippen LogP contribution is 2.30. The molecule has 76 valence electrons. The van der Waals surface area contributed by atoms with Crippen molar-refractivity contribution < 1.29 is 5.11 Å². The maximum Gasteiger partial charge on any atom is 0.137 e. The number of aromatic nitrogens is 1. The Bertz CT molecular complexity index is 314. The van der Waals surface area contributed by atoms with Crippen LogP contribution < -0.4 is 0 Å². The van der Waals surface area contributed by atoms with E-state index in [1.807, 2.05) is 0 Å². The third-order valence-corrected chi connectivity index (χ3v) is 2.92. The zero-order valence-electron chi connectivity index (χ0n) is 8.48. The smallest absolute Gasteiger partial charge is 0.137 e. The molecule has 1 aliphatic heterocycles. The molecule has 1 atom stereocenters. The molecule has 2 heterocycles. The van der Waals surface area contributed by atoms with Crippen LogP contribution in [0.3, 0.4) is 0 Å². The lowest BCUT2D eigenvalue weighted by Crippen LogP contribution is -2.19. The lowest BCUT2D eigenvalue weighted by atomic mass is 10.0. The van der Waals surface area contributed by atoms with Gasteiger partial charge >= 0.3 is 0 Å². The van der Waals surface area contributed by atoms with E-state index in [4.69, 9.17) is 0 Å². The molecule has 0 aliphatic carbocycles. The van der Waals surface area contributed by atoms with Gasteiger partial charge in [0.15, 0.2) is 0 Å². The molecule has 3 heteroatoms. The van der Waals surface area contributed by atoms with Crippen molar-refractivity contribution in [3.05, 3.63) is 24.0 Å². The molecule has 1 aliphatic rings. The van der Waals surface area contributed by atoms with Crippen molar-refractivity contribution in [3.8, 4) is 5.75 Å². The van der Waals surface area contributed by atoms with Crippen molar-refractivity contribution in [1.29, 1.82) is 0 Å². The van der Waals surface area contributed by atoms with Crippen LogP contribution in [0.15, 0.2) is 18.3 Å². The molecular formula is C11H16N2O. The number of pyridine rings is 1. The van der Waals surface area contributed by atoms with Crippen molar-refractivity contribution in [2.75, 3.05) is 19.6 Å². The molecule has 2 rings (SSSR count). The molecule has 1 fully saturated rings. The Labute approximate surface area is 84.4 Å². The van der Waals surface area contributed by atoms with Gasteiger partial charge in [-0.2, -0.15) is 0 Å². The molecule has 0 bridgehead atoms. The first kappa shape index (κ1) is 9.46. The fourth-order valence-electron chi connectivity index (χ4n) is 2.07. The minimum atomic E-state index is 0.343. The number of nitrogens with zero attached hydrogens (tertiary/aromatic N) is 2. The van der Waals surface area contributed by atoms with Gasteiger partial charge in [-0.05, 0) is 31.6 Å². The third kappa shape index (κ3) is 1.73. The van der Waals surface area contributed by atoms with Gasteiger partial charge in [-0.1, -0.05) is 6.92 Å². The second-order valence-electron chi connectivity index (χ2n) is 3.79. The summed E-state index contributed by atoms with van der Waals surface area (Å²) in [5.41, 5.74) is 0.864. The van der Waals surface area contributed by atoms with E-state index in [1.54, 1.807) is 18.3 Å². The van der Waals surface area contributed by atoms with Gasteiger partial charge in [0.1, 0.15) is 5.75 Å². The van der Waals surface area contributed by atoms with Gasteiger partial charge in [0, 0.05) is 18.7 Å². The number of aromatic hydroxyl groups is 1. The first-order valence-electron chi connectivity index (χ1n) is 5.17. The van der Waals surface area contributed by atoms with Crippen LogP contribution in [0.4, 0.5) is 0 Å². The Hall–Kier alpha value is -1.09. The summed E-state index contributed by atoms with van der Waals surface area (Å²) in [5.74, 6) is 0.756. The highest BCUT2D eigenvalue weighted by molar-refractivity contribution is 5.29. The van der Waals surface area contributed by atoms with Crippen LogP contribution in [0.25, 0.3) is 0 Å². The van der Waals surface area contributed by atoms with Crippen LogP contribution in [-0.2, 0) is 0 Å². The second-order valence-corrected chi connectivity index (χ2v) is 3.79. The number of hydrogen-bond donors (Lipinski definition) is 1. The van der Waals surface area contributed by atoms with Crippen molar-refractivity contribution in [3.63, 3.8) is 0 Å². The fraction of sp³-hybridized carbons (Fsp3) is 0.545. The SMILES string of the molecule is CCN1CCC(c2ncccc2O)C1. The van der Waals surface area contributed by atoms with E-state index in [2.05, 4.69) is 16.8 Å². The first-order valence-corrected chi connectivity index (χ1v) is 5.17. The lowest BCUT2D eigenvalue weighted by molar-refractivity contribution is 0.351. The highest BCUT2D eigenvalue weighted by atomic mass is 16.3. The molecule has 1 N–H and O–H groups in total. The van der Waals surface area contributed by atoms with E-state index in [0.29, 0.717) is 11.7 Å². The van der Waals surface area contributed by atoms with Gasteiger partial charge in [-0.3, -0.25) is 4.98 Å². The Morgan fingerprint density at radius 2 is 2.50 bits per heavy atom. The summed E-state index contributed by atoms with van der Waals surface area (Å²) in [6.07, 6.45) is 2.86. The van der Waals surface area contributed by atoms with E-state index in [0.717, 1.165) is 31.7 Å². The second kappa shape index (κ2) is 3.96. The lowest BCUT2D eigenvalue weighted by Gasteiger charge is -2.13. The van der Waals surface area contributed by atoms with Crippen LogP contribution in [0.2, 0.25) is 0 Å². The molecule has 1 saturated heterocycles. The quantitative estimate of drug-likeness (QED) is 0.773. The van der Waals surface area contributed by atoms with Crippen molar-refractivity contribution in [2.45, 2.75) is 19.3 Å². The zero-order valence-corrected chi connectivity index (χ0v) is 8.48. The van der Waals surface area contributed by atoms with E-state index < -0.39 is 0 Å². The first-order chi connectivity index (χ1) is 6.81. The van der Waals surface area contributed by atoms with Gasteiger partial charge in [0.05, 0.1) is 5.69 Å². The van der Waals surface area contributed by atoms with Gasteiger partial charge in [0.2, 0.25) is 0 Å². The standard InChI is InChI=1S/C11H16N2O/c1-2-13-7-5-9(8-13)11-10(14)4-3-6-12-11/h3-4,6,9,14H,2,5,7-8H2,1H3. The summed E-state index contributed by atoms with van der Waals surface area (Å²) in [7, 11) is 0. The minimum absolute atomic E-state index is 0.343. The Morgan fingerprint density at radius 3 is 3.14 bits per heavy atom. The fourth-order valence-corrected chi connectivity index (χ4v) is 2.07. The molecule has 0 amide bonds. The van der Waals surface area contributed by atoms with Crippen molar-refractivity contribution >= 4 is 0 Å². The number of hydrogen-bond acceptors (Lipinski definition) is 3. The highest BCUT2D eigenvalue weighted by Gasteiger charge is 2.25. The number of likely N-dealkylation sites (N-methyl/N-ethyl adjacent to an activating group) is 1. The number of likely N-dealkylation sites (tertiary alicyclic amines) is 1. The van der Waals surface area contributed by atoms with Crippen molar-refractivity contribution in [1.82, 2.24) is 9.88 Å². The van der Waals surface area contributed by atoms with Crippen LogP contribution in [-0.4, -0.2) is 34.6 Å². The summed E-state index contributed by atoms with van der Waals surface area (Å²) in [6, 6.07) is 3.49. The van der Waals surface area contributed by atoms with Gasteiger partial charge in [-0.25, -0.2) is 0 Å². The average Bonchev–Trinajstić information content (AvgIpc) is 2.67. The molecule has 1 aromatic rings. The third-order valence-electron chi connectivity index (χ3n) is 2.92. The predicted molar refractivity (Wildman–Crippen MR) is 55.4 cm³/mol. The Morgan fingerprint density at radius 1 is 1.64 bits per heavy atom. The van der Waals surface area contributed by atoms with Gasteiger partial charge < -0.3 is 10.0 Å². The zero-order chi connectivity index (χ0) is 9.97. The van der Waals surface area contributed by atoms with Gasteiger partial charge in [0.25, 0.3) is 0 Å². The molecule has 0 aromatic carbocycles. The molecule has 0 saturated carbocycles. The molecule has 14 heavy (non-hydrogen) atoms. The average molecular weight is 192 g/mol. The van der Waals surface area contributed by atoms with Crippen LogP contribution in [0.1, 0.15) is 25.0 Å². The largest absolute Gasteiger partial charge is 0.506 e. The van der Waals surface area contributed by atoms with E-state index in [-0.39, 0.29) is 0 Å². The molecule has 0 spiro atoms. The minimum Gasteiger partial charge on any atom is -0.506 e. The van der Waals surface area contributed by atoms with Crippen molar-refractivity contribution in [2.24, 2.45) is 0 Å². The molecule has 0 radical (unpaired) electrons. The summed E-state index contributed by atoms with van der Waals surface area (Å²) in [6.45, 7) is 5.41. The summed E-state index contributed by atoms with van der Waals surface area (Å²) >= 11 is 0. The summed E-state index contributed by atoms with van der Waals surface area (Å²) < 4.78 is 0. The molecule has 1 unspecified atom stereocenters. The maximum absolute atomic E-state index is 9.65. The van der Waals surface area contributed by atoms with Crippen LogP contribution >= 0.6 is 0 Å². The summed E-state index contributed by atoms with van der Waals surface area (Å²) in [4.78, 5) is 6.64. The van der Waals surface area contributed by atoms with E-state index in [1.165, 1.54) is 0 Å². The van der Waals surface area contributed by atoms with E-state index in [9.17, 15) is 5.11 Å². The Kier molecular flexibility index (Phi) is 2.68. The number of rotatable bonds is 2.